The molecule has 0 unspecified atom stereocenters. The second-order valence-corrected chi connectivity index (χ2v) is 6.08. The fourth-order valence-corrected chi connectivity index (χ4v) is 3.19. The monoisotopic (exact) mass is 333 g/mol. The molecule has 3 aromatic rings. The first kappa shape index (κ1) is 12.6. The molecule has 0 bridgehead atoms. The number of aryl methyl sites for hydroxylation is 1. The van der Waals surface area contributed by atoms with Crippen molar-refractivity contribution in [2.45, 2.75) is 13.3 Å². The molecule has 5 heteroatoms. The van der Waals surface area contributed by atoms with E-state index < -0.39 is 0 Å². The van der Waals surface area contributed by atoms with Gasteiger partial charge in [0, 0.05) is 9.35 Å². The van der Waals surface area contributed by atoms with Gasteiger partial charge >= 0.3 is 0 Å². The van der Waals surface area contributed by atoms with E-state index in [1.54, 1.807) is 17.7 Å². The second-order valence-electron chi connectivity index (χ2n) is 4.11. The zero-order valence-electron chi connectivity index (χ0n) is 10.4. The first-order valence-electron chi connectivity index (χ1n) is 6.03. The van der Waals surface area contributed by atoms with Crippen LogP contribution in [0.25, 0.3) is 10.2 Å². The van der Waals surface area contributed by atoms with Gasteiger partial charge in [-0.05, 0) is 40.5 Å². The SMILES string of the molecule is CCc1cc2c(Nc3ccccc3Br)ncnc2s1. The molecule has 0 radical (unpaired) electrons. The van der Waals surface area contributed by atoms with E-state index >= 15 is 0 Å². The van der Waals surface area contributed by atoms with Gasteiger partial charge in [-0.15, -0.1) is 11.3 Å². The predicted molar refractivity (Wildman–Crippen MR) is 84.2 cm³/mol. The first-order chi connectivity index (χ1) is 9.28. The number of para-hydroxylation sites is 1. The van der Waals surface area contributed by atoms with E-state index in [9.17, 15) is 0 Å². The van der Waals surface area contributed by atoms with E-state index in [2.05, 4.69) is 44.2 Å². The number of halogens is 1. The number of fused-ring (bicyclic) bond motifs is 1. The standard InChI is InChI=1S/C14H12BrN3S/c1-2-9-7-10-13(16-8-17-14(10)19-9)18-12-6-4-3-5-11(12)15/h3-8H,2H2,1H3,(H,16,17,18). The molecular formula is C14H12BrN3S. The van der Waals surface area contributed by atoms with Gasteiger partial charge < -0.3 is 5.32 Å². The first-order valence-corrected chi connectivity index (χ1v) is 7.64. The summed E-state index contributed by atoms with van der Waals surface area (Å²) in [6.45, 7) is 2.15. The van der Waals surface area contributed by atoms with Crippen LogP contribution in [-0.2, 0) is 6.42 Å². The number of benzene rings is 1. The van der Waals surface area contributed by atoms with E-state index in [4.69, 9.17) is 0 Å². The Balaban J connectivity index is 2.05. The number of anilines is 2. The van der Waals surface area contributed by atoms with Crippen LogP contribution in [0, 0.1) is 0 Å². The molecule has 1 aromatic carbocycles. The van der Waals surface area contributed by atoms with Crippen LogP contribution in [0.4, 0.5) is 11.5 Å². The van der Waals surface area contributed by atoms with Gasteiger partial charge in [0.25, 0.3) is 0 Å². The van der Waals surface area contributed by atoms with Crippen molar-refractivity contribution in [1.82, 2.24) is 9.97 Å². The van der Waals surface area contributed by atoms with Crippen LogP contribution in [0.5, 0.6) is 0 Å². The summed E-state index contributed by atoms with van der Waals surface area (Å²) in [4.78, 5) is 11.0. The number of nitrogens with one attached hydrogen (secondary N) is 1. The molecule has 2 heterocycles. The molecule has 3 nitrogen and oxygen atoms in total. The molecule has 96 valence electrons. The molecule has 0 aliphatic carbocycles. The minimum absolute atomic E-state index is 0.854. The highest BCUT2D eigenvalue weighted by Crippen LogP contribution is 2.31. The predicted octanol–water partition coefficient (Wildman–Crippen LogP) is 4.76. The lowest BCUT2D eigenvalue weighted by Crippen LogP contribution is -1.95. The Morgan fingerprint density at radius 3 is 2.89 bits per heavy atom. The fraction of sp³-hybridized carbons (Fsp3) is 0.143. The Hall–Kier alpha value is -1.46. The quantitative estimate of drug-likeness (QED) is 0.750. The van der Waals surface area contributed by atoms with Gasteiger partial charge in [0.05, 0.1) is 11.1 Å². The van der Waals surface area contributed by atoms with E-state index in [1.165, 1.54) is 4.88 Å². The number of hydrogen-bond donors (Lipinski definition) is 1. The van der Waals surface area contributed by atoms with Crippen molar-refractivity contribution in [2.24, 2.45) is 0 Å². The zero-order valence-corrected chi connectivity index (χ0v) is 12.8. The lowest BCUT2D eigenvalue weighted by molar-refractivity contribution is 1.19. The Kier molecular flexibility index (Phi) is 3.48. The molecule has 2 aromatic heterocycles. The maximum Gasteiger partial charge on any atom is 0.142 e. The molecular weight excluding hydrogens is 322 g/mol. The van der Waals surface area contributed by atoms with Gasteiger partial charge in [0.1, 0.15) is 17.0 Å². The van der Waals surface area contributed by atoms with E-state index in [0.29, 0.717) is 0 Å². The van der Waals surface area contributed by atoms with Crippen molar-refractivity contribution in [3.05, 3.63) is 46.0 Å². The third kappa shape index (κ3) is 2.48. The average molecular weight is 334 g/mol. The van der Waals surface area contributed by atoms with Crippen molar-refractivity contribution in [1.29, 1.82) is 0 Å². The molecule has 0 atom stereocenters. The smallest absolute Gasteiger partial charge is 0.142 e. The molecule has 0 saturated carbocycles. The van der Waals surface area contributed by atoms with Gasteiger partial charge in [-0.3, -0.25) is 0 Å². The lowest BCUT2D eigenvalue weighted by atomic mass is 10.3. The summed E-state index contributed by atoms with van der Waals surface area (Å²) in [6, 6.07) is 10.2. The number of nitrogens with zero attached hydrogens (tertiary/aromatic N) is 2. The van der Waals surface area contributed by atoms with Crippen LogP contribution >= 0.6 is 27.3 Å². The largest absolute Gasteiger partial charge is 0.339 e. The molecule has 1 N–H and O–H groups in total. The number of aromatic nitrogens is 2. The van der Waals surface area contributed by atoms with Gasteiger partial charge in [-0.25, -0.2) is 9.97 Å². The highest BCUT2D eigenvalue weighted by Gasteiger charge is 2.09. The minimum Gasteiger partial charge on any atom is -0.339 e. The molecule has 19 heavy (non-hydrogen) atoms. The summed E-state index contributed by atoms with van der Waals surface area (Å²) >= 11 is 5.26. The molecule has 0 aliphatic heterocycles. The van der Waals surface area contributed by atoms with E-state index in [-0.39, 0.29) is 0 Å². The molecule has 3 rings (SSSR count). The third-order valence-corrected chi connectivity index (χ3v) is 4.73. The number of thiophene rings is 1. The number of hydrogen-bond acceptors (Lipinski definition) is 4. The van der Waals surface area contributed by atoms with Crippen LogP contribution in [-0.4, -0.2) is 9.97 Å². The van der Waals surface area contributed by atoms with Crippen molar-refractivity contribution < 1.29 is 0 Å². The molecule has 0 spiro atoms. The Labute approximate surface area is 123 Å². The Morgan fingerprint density at radius 1 is 1.26 bits per heavy atom. The topological polar surface area (TPSA) is 37.8 Å². The molecule has 0 fully saturated rings. The summed E-state index contributed by atoms with van der Waals surface area (Å²) in [6.07, 6.45) is 2.63. The van der Waals surface area contributed by atoms with E-state index in [1.807, 2.05) is 24.3 Å². The van der Waals surface area contributed by atoms with Crippen molar-refractivity contribution in [2.75, 3.05) is 5.32 Å². The molecule has 0 amide bonds. The lowest BCUT2D eigenvalue weighted by Gasteiger charge is -2.07. The van der Waals surface area contributed by atoms with E-state index in [0.717, 1.165) is 32.6 Å². The molecule has 0 aliphatic rings. The maximum absolute atomic E-state index is 4.35. The van der Waals surface area contributed by atoms with Crippen LogP contribution < -0.4 is 5.32 Å². The summed E-state index contributed by atoms with van der Waals surface area (Å²) in [7, 11) is 0. The van der Waals surface area contributed by atoms with Crippen LogP contribution in [0.1, 0.15) is 11.8 Å². The Bertz CT molecular complexity index is 724. The van der Waals surface area contributed by atoms with Gasteiger partial charge in [-0.1, -0.05) is 19.1 Å². The van der Waals surface area contributed by atoms with Crippen molar-refractivity contribution in [3.8, 4) is 0 Å². The fourth-order valence-electron chi connectivity index (χ4n) is 1.87. The highest BCUT2D eigenvalue weighted by atomic mass is 79.9. The Morgan fingerprint density at radius 2 is 2.11 bits per heavy atom. The van der Waals surface area contributed by atoms with Gasteiger partial charge in [0.2, 0.25) is 0 Å². The maximum atomic E-state index is 4.35. The van der Waals surface area contributed by atoms with Gasteiger partial charge in [-0.2, -0.15) is 0 Å². The van der Waals surface area contributed by atoms with Crippen molar-refractivity contribution >= 4 is 49.0 Å². The highest BCUT2D eigenvalue weighted by molar-refractivity contribution is 9.10. The van der Waals surface area contributed by atoms with Gasteiger partial charge in [0.15, 0.2) is 0 Å². The summed E-state index contributed by atoms with van der Waals surface area (Å²) in [5.41, 5.74) is 1.01. The molecule has 0 saturated heterocycles. The van der Waals surface area contributed by atoms with Crippen LogP contribution in [0.2, 0.25) is 0 Å². The summed E-state index contributed by atoms with van der Waals surface area (Å²) < 4.78 is 1.02. The normalized spacial score (nSPS) is 10.8. The summed E-state index contributed by atoms with van der Waals surface area (Å²) in [5.74, 6) is 0.854. The summed E-state index contributed by atoms with van der Waals surface area (Å²) in [5, 5.41) is 4.44. The zero-order chi connectivity index (χ0) is 13.2. The minimum atomic E-state index is 0.854. The average Bonchev–Trinajstić information content (AvgIpc) is 2.85. The third-order valence-electron chi connectivity index (χ3n) is 2.86. The van der Waals surface area contributed by atoms with Crippen LogP contribution in [0.15, 0.2) is 41.1 Å². The van der Waals surface area contributed by atoms with Crippen molar-refractivity contribution in [3.63, 3.8) is 0 Å². The van der Waals surface area contributed by atoms with Crippen LogP contribution in [0.3, 0.4) is 0 Å². The second kappa shape index (κ2) is 5.27. The number of rotatable bonds is 3.